The third-order valence-corrected chi connectivity index (χ3v) is 13.0. The fourth-order valence-corrected chi connectivity index (χ4v) is 8.15. The zero-order valence-electron chi connectivity index (χ0n) is 49.8. The van der Waals surface area contributed by atoms with E-state index in [1.807, 2.05) is 21.1 Å². The molecular weight excluding hydrogens is 990 g/mol. The first kappa shape index (κ1) is 73.6. The van der Waals surface area contributed by atoms with Crippen LogP contribution < -0.4 is 0 Å². The van der Waals surface area contributed by atoms with Crippen molar-refractivity contribution in [3.8, 4) is 0 Å². The Hall–Kier alpha value is -4.37. The molecule has 0 aliphatic heterocycles. The molecule has 9 nitrogen and oxygen atoms in total. The zero-order chi connectivity index (χ0) is 57.0. The summed E-state index contributed by atoms with van der Waals surface area (Å²) in [5.74, 6) is -0.840. The van der Waals surface area contributed by atoms with Gasteiger partial charge in [0, 0.05) is 12.8 Å². The Kier molecular flexibility index (Phi) is 54.1. The number of hydrogen-bond acceptors (Lipinski definition) is 7. The van der Waals surface area contributed by atoms with Crippen LogP contribution in [0, 0.1) is 0 Å². The molecule has 0 radical (unpaired) electrons. The van der Waals surface area contributed by atoms with Crippen LogP contribution in [-0.2, 0) is 32.7 Å². The third kappa shape index (κ3) is 60.9. The van der Waals surface area contributed by atoms with Gasteiger partial charge in [0.25, 0.3) is 0 Å². The summed E-state index contributed by atoms with van der Waals surface area (Å²) in [5, 5.41) is 0. The summed E-state index contributed by atoms with van der Waals surface area (Å²) >= 11 is 0. The van der Waals surface area contributed by atoms with E-state index in [9.17, 15) is 19.0 Å². The molecule has 0 aromatic heterocycles. The Morgan fingerprint density at radius 3 is 1.09 bits per heavy atom. The van der Waals surface area contributed by atoms with Gasteiger partial charge in [0.1, 0.15) is 19.8 Å². The quantitative estimate of drug-likeness (QED) is 0.0211. The summed E-state index contributed by atoms with van der Waals surface area (Å²) in [7, 11) is 1.44. The van der Waals surface area contributed by atoms with E-state index >= 15 is 0 Å². The first-order valence-corrected chi connectivity index (χ1v) is 31.7. The molecule has 10 heteroatoms. The second-order valence-corrected chi connectivity index (χ2v) is 22.1. The minimum Gasteiger partial charge on any atom is -0.462 e. The van der Waals surface area contributed by atoms with Crippen molar-refractivity contribution in [3.63, 3.8) is 0 Å². The van der Waals surface area contributed by atoms with Gasteiger partial charge in [-0.05, 0) is 122 Å². The van der Waals surface area contributed by atoms with Crippen molar-refractivity contribution < 1.29 is 42.1 Å². The number of allylic oxidation sites excluding steroid dienone is 26. The van der Waals surface area contributed by atoms with Crippen molar-refractivity contribution in [1.29, 1.82) is 0 Å². The van der Waals surface area contributed by atoms with Crippen molar-refractivity contribution >= 4 is 19.8 Å². The van der Waals surface area contributed by atoms with E-state index in [1.54, 1.807) is 0 Å². The summed E-state index contributed by atoms with van der Waals surface area (Å²) in [4.78, 5) is 35.6. The average molecular weight is 1100 g/mol. The lowest BCUT2D eigenvalue weighted by Gasteiger charge is -2.24. The number of unbranched alkanes of at least 4 members (excludes halogenated alkanes) is 13. The summed E-state index contributed by atoms with van der Waals surface area (Å²) in [6.07, 6.45) is 86.1. The van der Waals surface area contributed by atoms with Crippen molar-refractivity contribution in [1.82, 2.24) is 0 Å². The number of carbonyl (C=O) groups is 2. The van der Waals surface area contributed by atoms with E-state index < -0.39 is 32.5 Å². The second-order valence-electron chi connectivity index (χ2n) is 20.6. The van der Waals surface area contributed by atoms with Crippen LogP contribution in [0.1, 0.15) is 206 Å². The minimum absolute atomic E-state index is 0.0188. The molecule has 0 rings (SSSR count). The molecule has 0 aliphatic carbocycles. The topological polar surface area (TPSA) is 108 Å². The Morgan fingerprint density at radius 2 is 0.731 bits per heavy atom. The third-order valence-electron chi connectivity index (χ3n) is 12.0. The van der Waals surface area contributed by atoms with Crippen LogP contribution in [0.2, 0.25) is 0 Å². The van der Waals surface area contributed by atoms with Crippen LogP contribution in [-0.4, -0.2) is 74.9 Å². The highest BCUT2D eigenvalue weighted by Gasteiger charge is 2.27. The maximum absolute atomic E-state index is 12.8. The number of phosphoric ester groups is 1. The van der Waals surface area contributed by atoms with Gasteiger partial charge in [-0.2, -0.15) is 0 Å². The first-order valence-electron chi connectivity index (χ1n) is 30.2. The van der Waals surface area contributed by atoms with Crippen molar-refractivity contribution in [2.45, 2.75) is 213 Å². The molecule has 0 amide bonds. The van der Waals surface area contributed by atoms with Gasteiger partial charge in [-0.15, -0.1) is 0 Å². The molecule has 0 aromatic rings. The van der Waals surface area contributed by atoms with Crippen molar-refractivity contribution in [3.05, 3.63) is 158 Å². The van der Waals surface area contributed by atoms with Crippen LogP contribution in [0.15, 0.2) is 158 Å². The Morgan fingerprint density at radius 1 is 0.410 bits per heavy atom. The minimum atomic E-state index is -4.40. The van der Waals surface area contributed by atoms with Gasteiger partial charge in [0.05, 0.1) is 27.7 Å². The number of quaternary nitrogens is 1. The SMILES string of the molecule is CC/C=C\C/C=C\C/C=C\C/C=C\C/C=C\C/C=C\C/C=C\C/C=C\C/C=C\C/C=C\C/C=C\CCCCCCCCCC(=O)OC(COC(=O)CCCCCCC/C=C\C/C=C\CCC)COP(=O)(O)OCC[N+](C)(C)C. The number of hydrogen-bond donors (Lipinski definition) is 1. The number of nitrogens with zero attached hydrogens (tertiary/aromatic N) is 1. The summed E-state index contributed by atoms with van der Waals surface area (Å²) in [6, 6.07) is 0. The maximum atomic E-state index is 12.8. The van der Waals surface area contributed by atoms with Gasteiger partial charge >= 0.3 is 19.8 Å². The Balaban J connectivity index is 4.13. The van der Waals surface area contributed by atoms with E-state index in [4.69, 9.17) is 18.5 Å². The average Bonchev–Trinajstić information content (AvgIpc) is 3.40. The molecular formula is C68H111NO8P+. The first-order chi connectivity index (χ1) is 38.0. The Labute approximate surface area is 477 Å². The van der Waals surface area contributed by atoms with E-state index in [0.29, 0.717) is 23.9 Å². The zero-order valence-corrected chi connectivity index (χ0v) is 50.7. The van der Waals surface area contributed by atoms with Crippen LogP contribution in [0.4, 0.5) is 0 Å². The molecule has 0 saturated heterocycles. The molecule has 0 spiro atoms. The highest BCUT2D eigenvalue weighted by molar-refractivity contribution is 7.47. The number of ether oxygens (including phenoxy) is 2. The molecule has 2 atom stereocenters. The lowest BCUT2D eigenvalue weighted by Crippen LogP contribution is -2.37. The standard InChI is InChI=1S/C68H110NO8P/c1-6-8-10-12-14-16-18-20-21-22-23-24-25-26-27-28-29-30-31-32-33-34-35-36-37-38-39-40-41-42-43-44-45-46-47-49-51-53-55-57-59-61-68(71)77-66(65-76-78(72,73)75-63-62-69(3,4)5)64-74-67(70)60-58-56-54-52-50-48-19-17-15-13-11-9-7-2/h8,10-11,13-14,16-17,19-21,23-24,26-27,29-30,32-33,35-36,38-39,41-42,44-45,66H,6-7,9,12,15,18,22,25,28,31,34,37,40,43,46-65H2,1-5H3/p+1/b10-8-,13-11-,16-14-,19-17-,21-20-,24-23-,27-26-,30-29-,33-32-,36-35-,39-38-,42-41-,45-44-. The molecule has 0 fully saturated rings. The van der Waals surface area contributed by atoms with E-state index in [2.05, 4.69) is 172 Å². The van der Waals surface area contributed by atoms with Crippen LogP contribution >= 0.6 is 7.82 Å². The number of rotatable bonds is 53. The van der Waals surface area contributed by atoms with Gasteiger partial charge in [-0.3, -0.25) is 18.6 Å². The summed E-state index contributed by atoms with van der Waals surface area (Å²) in [5.41, 5.74) is 0. The second kappa shape index (κ2) is 57.3. The van der Waals surface area contributed by atoms with Crippen LogP contribution in [0.25, 0.3) is 0 Å². The number of esters is 2. The molecule has 0 saturated carbocycles. The largest absolute Gasteiger partial charge is 0.472 e. The molecule has 0 bridgehead atoms. The summed E-state index contributed by atoms with van der Waals surface area (Å²) < 4.78 is 34.5. The molecule has 440 valence electrons. The normalized spacial score (nSPS) is 14.4. The van der Waals surface area contributed by atoms with Gasteiger partial charge in [0.15, 0.2) is 6.10 Å². The predicted octanol–water partition coefficient (Wildman–Crippen LogP) is 19.3. The number of likely N-dealkylation sites (N-methyl/N-ethyl adjacent to an activating group) is 1. The van der Waals surface area contributed by atoms with Gasteiger partial charge in [-0.25, -0.2) is 4.57 Å². The Bertz CT molecular complexity index is 1870. The van der Waals surface area contributed by atoms with Crippen LogP contribution in [0.3, 0.4) is 0 Å². The fourth-order valence-electron chi connectivity index (χ4n) is 7.41. The molecule has 2 unspecified atom stereocenters. The molecule has 0 aliphatic rings. The lowest BCUT2D eigenvalue weighted by molar-refractivity contribution is -0.870. The lowest BCUT2D eigenvalue weighted by atomic mass is 10.1. The monoisotopic (exact) mass is 1100 g/mol. The van der Waals surface area contributed by atoms with Gasteiger partial charge < -0.3 is 18.9 Å². The maximum Gasteiger partial charge on any atom is 0.472 e. The van der Waals surface area contributed by atoms with E-state index in [-0.39, 0.29) is 26.1 Å². The smallest absolute Gasteiger partial charge is 0.462 e. The highest BCUT2D eigenvalue weighted by Crippen LogP contribution is 2.43. The molecule has 0 aromatic carbocycles. The van der Waals surface area contributed by atoms with Gasteiger partial charge in [0.2, 0.25) is 0 Å². The van der Waals surface area contributed by atoms with Crippen molar-refractivity contribution in [2.75, 3.05) is 47.5 Å². The van der Waals surface area contributed by atoms with E-state index in [0.717, 1.165) is 141 Å². The predicted molar refractivity (Wildman–Crippen MR) is 334 cm³/mol. The molecule has 78 heavy (non-hydrogen) atoms. The highest BCUT2D eigenvalue weighted by atomic mass is 31.2. The number of phosphoric acid groups is 1. The van der Waals surface area contributed by atoms with Crippen LogP contribution in [0.5, 0.6) is 0 Å². The fraction of sp³-hybridized carbons (Fsp3) is 0.588. The van der Waals surface area contributed by atoms with Gasteiger partial charge in [-0.1, -0.05) is 230 Å². The van der Waals surface area contributed by atoms with E-state index in [1.165, 1.54) is 25.7 Å². The molecule has 1 N–H and O–H groups in total. The number of carbonyl (C=O) groups excluding carboxylic acids is 2. The van der Waals surface area contributed by atoms with Crippen molar-refractivity contribution in [2.24, 2.45) is 0 Å². The summed E-state index contributed by atoms with van der Waals surface area (Å²) in [6.45, 7) is 4.19. The molecule has 0 heterocycles.